The number of nitrogens with two attached hydrogens (primary N) is 1. The summed E-state index contributed by atoms with van der Waals surface area (Å²) in [6.45, 7) is 0.350. The molecule has 1 rings (SSSR count). The molecule has 2 N–H and O–H groups in total. The molecule has 0 aromatic heterocycles. The highest BCUT2D eigenvalue weighted by atomic mass is 19.4. The Morgan fingerprint density at radius 1 is 1.30 bits per heavy atom. The number of carbonyl (C=O) groups excluding carboxylic acids is 1. The molecule has 0 amide bonds. The number of esters is 1. The van der Waals surface area contributed by atoms with Crippen LogP contribution in [0.2, 0.25) is 0 Å². The SMILES string of the molecule is Cc1cc(C(=O)OCCCOCC(F)(F)F)ccc1N. The third-order valence-electron chi connectivity index (χ3n) is 2.44. The van der Waals surface area contributed by atoms with E-state index in [2.05, 4.69) is 4.74 Å². The molecule has 0 radical (unpaired) electrons. The molecule has 0 aliphatic carbocycles. The van der Waals surface area contributed by atoms with E-state index >= 15 is 0 Å². The quantitative estimate of drug-likeness (QED) is 0.497. The first kappa shape index (κ1) is 16.3. The molecule has 0 heterocycles. The maximum Gasteiger partial charge on any atom is 0.411 e. The van der Waals surface area contributed by atoms with Crippen molar-refractivity contribution in [3.63, 3.8) is 0 Å². The summed E-state index contributed by atoms with van der Waals surface area (Å²) in [6, 6.07) is 4.72. The van der Waals surface area contributed by atoms with E-state index < -0.39 is 18.8 Å². The standard InChI is InChI=1S/C13H16F3NO3/c1-9-7-10(3-4-11(9)17)12(18)20-6-2-5-19-8-13(14,15)16/h3-4,7H,2,5-6,8,17H2,1H3. The predicted octanol–water partition coefficient (Wildman–Crippen LogP) is 2.70. The molecule has 0 unspecified atom stereocenters. The highest BCUT2D eigenvalue weighted by Crippen LogP contribution is 2.15. The van der Waals surface area contributed by atoms with Crippen LogP contribution in [0, 0.1) is 6.92 Å². The summed E-state index contributed by atoms with van der Waals surface area (Å²) < 4.78 is 44.6. The number of benzene rings is 1. The van der Waals surface area contributed by atoms with Crippen LogP contribution in [0.25, 0.3) is 0 Å². The van der Waals surface area contributed by atoms with Crippen LogP contribution in [0.1, 0.15) is 22.3 Å². The van der Waals surface area contributed by atoms with Crippen LogP contribution >= 0.6 is 0 Å². The van der Waals surface area contributed by atoms with Crippen molar-refractivity contribution in [3.05, 3.63) is 29.3 Å². The maximum absolute atomic E-state index is 11.8. The largest absolute Gasteiger partial charge is 0.462 e. The monoisotopic (exact) mass is 291 g/mol. The van der Waals surface area contributed by atoms with Crippen molar-refractivity contribution in [2.75, 3.05) is 25.6 Å². The number of nitrogen functional groups attached to an aromatic ring is 1. The van der Waals surface area contributed by atoms with Crippen molar-refractivity contribution in [1.29, 1.82) is 0 Å². The summed E-state index contributed by atoms with van der Waals surface area (Å²) in [4.78, 5) is 11.6. The van der Waals surface area contributed by atoms with Gasteiger partial charge in [-0.25, -0.2) is 4.79 Å². The summed E-state index contributed by atoms with van der Waals surface area (Å²) in [6.07, 6.45) is -4.13. The van der Waals surface area contributed by atoms with Crippen LogP contribution in [-0.4, -0.2) is 32.0 Å². The Balaban J connectivity index is 2.25. The molecular weight excluding hydrogens is 275 g/mol. The molecule has 112 valence electrons. The second-order valence-corrected chi connectivity index (χ2v) is 4.23. The van der Waals surface area contributed by atoms with Gasteiger partial charge < -0.3 is 15.2 Å². The minimum atomic E-state index is -4.34. The molecular formula is C13H16F3NO3. The van der Waals surface area contributed by atoms with Crippen molar-refractivity contribution in [1.82, 2.24) is 0 Å². The lowest BCUT2D eigenvalue weighted by atomic mass is 10.1. The van der Waals surface area contributed by atoms with E-state index in [0.717, 1.165) is 5.56 Å². The summed E-state index contributed by atoms with van der Waals surface area (Å²) in [5, 5.41) is 0. The van der Waals surface area contributed by atoms with Crippen molar-refractivity contribution in [2.24, 2.45) is 0 Å². The zero-order chi connectivity index (χ0) is 15.2. The highest BCUT2D eigenvalue weighted by Gasteiger charge is 2.27. The van der Waals surface area contributed by atoms with Crippen molar-refractivity contribution >= 4 is 11.7 Å². The molecule has 7 heteroatoms. The summed E-state index contributed by atoms with van der Waals surface area (Å²) in [5.41, 5.74) is 7.30. The first-order valence-corrected chi connectivity index (χ1v) is 5.97. The van der Waals surface area contributed by atoms with E-state index in [9.17, 15) is 18.0 Å². The van der Waals surface area contributed by atoms with E-state index in [1.54, 1.807) is 19.1 Å². The zero-order valence-corrected chi connectivity index (χ0v) is 11.0. The van der Waals surface area contributed by atoms with Gasteiger partial charge in [0.1, 0.15) is 6.61 Å². The van der Waals surface area contributed by atoms with Gasteiger partial charge in [-0.05, 0) is 30.7 Å². The first-order valence-electron chi connectivity index (χ1n) is 5.97. The molecule has 0 aliphatic rings. The van der Waals surface area contributed by atoms with Crippen LogP contribution in [0.3, 0.4) is 0 Å². The normalized spacial score (nSPS) is 11.4. The lowest BCUT2D eigenvalue weighted by Crippen LogP contribution is -2.18. The van der Waals surface area contributed by atoms with Gasteiger partial charge in [-0.3, -0.25) is 0 Å². The van der Waals surface area contributed by atoms with Gasteiger partial charge in [-0.2, -0.15) is 13.2 Å². The summed E-state index contributed by atoms with van der Waals surface area (Å²) in [5.74, 6) is -0.538. The number of rotatable bonds is 6. The van der Waals surface area contributed by atoms with E-state index in [4.69, 9.17) is 10.5 Å². The lowest BCUT2D eigenvalue weighted by molar-refractivity contribution is -0.174. The maximum atomic E-state index is 11.8. The third kappa shape index (κ3) is 5.92. The minimum Gasteiger partial charge on any atom is -0.462 e. The molecule has 1 aromatic carbocycles. The van der Waals surface area contributed by atoms with Crippen LogP contribution in [-0.2, 0) is 9.47 Å². The number of aryl methyl sites for hydroxylation is 1. The molecule has 0 spiro atoms. The van der Waals surface area contributed by atoms with Gasteiger partial charge in [0.2, 0.25) is 0 Å². The van der Waals surface area contributed by atoms with Crippen LogP contribution in [0.4, 0.5) is 18.9 Å². The van der Waals surface area contributed by atoms with Gasteiger partial charge in [0.25, 0.3) is 0 Å². The van der Waals surface area contributed by atoms with Gasteiger partial charge >= 0.3 is 12.1 Å². The van der Waals surface area contributed by atoms with Crippen LogP contribution < -0.4 is 5.73 Å². The Bertz CT molecular complexity index is 461. The van der Waals surface area contributed by atoms with E-state index in [1.807, 2.05) is 0 Å². The first-order chi connectivity index (χ1) is 9.29. The van der Waals surface area contributed by atoms with Gasteiger partial charge in [-0.1, -0.05) is 0 Å². The molecule has 0 saturated carbocycles. The average molecular weight is 291 g/mol. The number of ether oxygens (including phenoxy) is 2. The van der Waals surface area contributed by atoms with Crippen molar-refractivity contribution in [3.8, 4) is 0 Å². The van der Waals surface area contributed by atoms with Gasteiger partial charge in [-0.15, -0.1) is 0 Å². The molecule has 0 fully saturated rings. The Morgan fingerprint density at radius 2 is 2.00 bits per heavy atom. The minimum absolute atomic E-state index is 0.000114. The Hall–Kier alpha value is -1.76. The fourth-order valence-electron chi connectivity index (χ4n) is 1.40. The zero-order valence-electron chi connectivity index (χ0n) is 11.0. The smallest absolute Gasteiger partial charge is 0.411 e. The number of alkyl halides is 3. The second kappa shape index (κ2) is 7.14. The van der Waals surface area contributed by atoms with Crippen LogP contribution in [0.15, 0.2) is 18.2 Å². The molecule has 0 saturated heterocycles. The number of hydrogen-bond donors (Lipinski definition) is 1. The van der Waals surface area contributed by atoms with Crippen LogP contribution in [0.5, 0.6) is 0 Å². The second-order valence-electron chi connectivity index (χ2n) is 4.23. The van der Waals surface area contributed by atoms with Gasteiger partial charge in [0.05, 0.1) is 18.8 Å². The summed E-state index contributed by atoms with van der Waals surface area (Å²) >= 11 is 0. The van der Waals surface area contributed by atoms with E-state index in [-0.39, 0.29) is 19.6 Å². The predicted molar refractivity (Wildman–Crippen MR) is 67.4 cm³/mol. The fraction of sp³-hybridized carbons (Fsp3) is 0.462. The molecule has 1 aromatic rings. The summed E-state index contributed by atoms with van der Waals surface area (Å²) in [7, 11) is 0. The molecule has 0 atom stereocenters. The lowest BCUT2D eigenvalue weighted by Gasteiger charge is -2.08. The van der Waals surface area contributed by atoms with Gasteiger partial charge in [0.15, 0.2) is 0 Å². The Kier molecular flexibility index (Phi) is 5.82. The number of anilines is 1. The topological polar surface area (TPSA) is 61.5 Å². The Morgan fingerprint density at radius 3 is 2.60 bits per heavy atom. The molecule has 0 bridgehead atoms. The average Bonchev–Trinajstić information content (AvgIpc) is 2.35. The highest BCUT2D eigenvalue weighted by molar-refractivity contribution is 5.90. The molecule has 0 aliphatic heterocycles. The van der Waals surface area contributed by atoms with E-state index in [1.165, 1.54) is 6.07 Å². The number of hydrogen-bond acceptors (Lipinski definition) is 4. The molecule has 20 heavy (non-hydrogen) atoms. The fourth-order valence-corrected chi connectivity index (χ4v) is 1.40. The third-order valence-corrected chi connectivity index (χ3v) is 2.44. The van der Waals surface area contributed by atoms with Crippen molar-refractivity contribution < 1.29 is 27.4 Å². The van der Waals surface area contributed by atoms with E-state index in [0.29, 0.717) is 11.3 Å². The van der Waals surface area contributed by atoms with Gasteiger partial charge in [0, 0.05) is 12.1 Å². The number of carbonyl (C=O) groups is 1. The number of halogens is 3. The molecule has 4 nitrogen and oxygen atoms in total. The Labute approximate surface area is 114 Å². The van der Waals surface area contributed by atoms with Crippen molar-refractivity contribution in [2.45, 2.75) is 19.5 Å².